The lowest BCUT2D eigenvalue weighted by Gasteiger charge is -2.22. The standard InChI is InChI=1S/C15H19N3O2/c1-3-7-15(2,16)14(19)18-12-6-4-5-11(8-12)13-9-17-10-20-13/h4-6,8-10H,3,7,16H2,1-2H3,(H,18,19). The Labute approximate surface area is 118 Å². The van der Waals surface area contributed by atoms with Gasteiger partial charge in [-0.15, -0.1) is 0 Å². The average molecular weight is 273 g/mol. The van der Waals surface area contributed by atoms with Crippen LogP contribution in [0.4, 0.5) is 5.69 Å². The van der Waals surface area contributed by atoms with Gasteiger partial charge in [0.05, 0.1) is 11.7 Å². The van der Waals surface area contributed by atoms with E-state index in [1.165, 1.54) is 6.39 Å². The molecule has 2 rings (SSSR count). The number of oxazole rings is 1. The molecule has 5 nitrogen and oxygen atoms in total. The summed E-state index contributed by atoms with van der Waals surface area (Å²) in [6, 6.07) is 7.39. The summed E-state index contributed by atoms with van der Waals surface area (Å²) in [5, 5.41) is 2.84. The molecule has 2 aromatic rings. The molecule has 0 radical (unpaired) electrons. The van der Waals surface area contributed by atoms with Gasteiger partial charge in [0, 0.05) is 11.3 Å². The highest BCUT2D eigenvalue weighted by Gasteiger charge is 2.27. The van der Waals surface area contributed by atoms with Gasteiger partial charge in [0.15, 0.2) is 12.2 Å². The molecular formula is C15H19N3O2. The first-order valence-electron chi connectivity index (χ1n) is 6.62. The van der Waals surface area contributed by atoms with E-state index in [1.54, 1.807) is 13.1 Å². The molecule has 20 heavy (non-hydrogen) atoms. The third-order valence-electron chi connectivity index (χ3n) is 3.13. The van der Waals surface area contributed by atoms with Gasteiger partial charge in [-0.25, -0.2) is 4.98 Å². The maximum atomic E-state index is 12.2. The van der Waals surface area contributed by atoms with Crippen LogP contribution in [0.25, 0.3) is 11.3 Å². The molecule has 0 aliphatic heterocycles. The molecule has 0 saturated heterocycles. The van der Waals surface area contributed by atoms with Crippen LogP contribution >= 0.6 is 0 Å². The lowest BCUT2D eigenvalue weighted by Crippen LogP contribution is -2.48. The Morgan fingerprint density at radius 3 is 2.95 bits per heavy atom. The van der Waals surface area contributed by atoms with Crippen molar-refractivity contribution >= 4 is 11.6 Å². The molecule has 3 N–H and O–H groups in total. The summed E-state index contributed by atoms with van der Waals surface area (Å²) >= 11 is 0. The summed E-state index contributed by atoms with van der Waals surface area (Å²) in [5.41, 5.74) is 6.69. The zero-order valence-electron chi connectivity index (χ0n) is 11.7. The van der Waals surface area contributed by atoms with Crippen molar-refractivity contribution in [3.63, 3.8) is 0 Å². The van der Waals surface area contributed by atoms with Crippen molar-refractivity contribution in [2.75, 3.05) is 5.32 Å². The van der Waals surface area contributed by atoms with Gasteiger partial charge < -0.3 is 15.5 Å². The van der Waals surface area contributed by atoms with Gasteiger partial charge in [-0.2, -0.15) is 0 Å². The quantitative estimate of drug-likeness (QED) is 0.877. The maximum Gasteiger partial charge on any atom is 0.244 e. The van der Waals surface area contributed by atoms with Crippen LogP contribution in [0.5, 0.6) is 0 Å². The molecule has 0 bridgehead atoms. The molecule has 0 fully saturated rings. The van der Waals surface area contributed by atoms with E-state index in [1.807, 2.05) is 31.2 Å². The van der Waals surface area contributed by atoms with Crippen LogP contribution < -0.4 is 11.1 Å². The number of carbonyl (C=O) groups excluding carboxylic acids is 1. The SMILES string of the molecule is CCCC(C)(N)C(=O)Nc1cccc(-c2cnco2)c1. The lowest BCUT2D eigenvalue weighted by atomic mass is 9.96. The van der Waals surface area contributed by atoms with E-state index in [2.05, 4.69) is 10.3 Å². The Balaban J connectivity index is 2.14. The summed E-state index contributed by atoms with van der Waals surface area (Å²) in [5.74, 6) is 0.472. The normalized spacial score (nSPS) is 13.8. The number of hydrogen-bond donors (Lipinski definition) is 2. The molecular weight excluding hydrogens is 254 g/mol. The Bertz CT molecular complexity index is 577. The summed E-state index contributed by atoms with van der Waals surface area (Å²) < 4.78 is 5.24. The molecule has 1 amide bonds. The minimum absolute atomic E-state index is 0.186. The monoisotopic (exact) mass is 273 g/mol. The fourth-order valence-electron chi connectivity index (χ4n) is 2.02. The first kappa shape index (κ1) is 14.3. The number of rotatable bonds is 5. The fourth-order valence-corrected chi connectivity index (χ4v) is 2.02. The van der Waals surface area contributed by atoms with Crippen LogP contribution in [0.1, 0.15) is 26.7 Å². The molecule has 0 saturated carbocycles. The van der Waals surface area contributed by atoms with Crippen LogP contribution in [-0.4, -0.2) is 16.4 Å². The van der Waals surface area contributed by atoms with Crippen LogP contribution in [0.3, 0.4) is 0 Å². The first-order chi connectivity index (χ1) is 9.53. The first-order valence-corrected chi connectivity index (χ1v) is 6.62. The molecule has 0 aliphatic carbocycles. The zero-order chi connectivity index (χ0) is 14.6. The van der Waals surface area contributed by atoms with Gasteiger partial charge in [-0.3, -0.25) is 4.79 Å². The van der Waals surface area contributed by atoms with Crippen molar-refractivity contribution in [3.05, 3.63) is 36.9 Å². The van der Waals surface area contributed by atoms with E-state index in [4.69, 9.17) is 10.2 Å². The van der Waals surface area contributed by atoms with Gasteiger partial charge in [-0.1, -0.05) is 25.5 Å². The predicted molar refractivity (Wildman–Crippen MR) is 78.1 cm³/mol. The molecule has 1 atom stereocenters. The van der Waals surface area contributed by atoms with E-state index in [-0.39, 0.29) is 5.91 Å². The number of nitrogens with zero attached hydrogens (tertiary/aromatic N) is 1. The third kappa shape index (κ3) is 3.24. The predicted octanol–water partition coefficient (Wildman–Crippen LogP) is 2.80. The number of aromatic nitrogens is 1. The minimum atomic E-state index is -0.864. The summed E-state index contributed by atoms with van der Waals surface area (Å²) in [6.07, 6.45) is 4.50. The second kappa shape index (κ2) is 5.88. The van der Waals surface area contributed by atoms with Gasteiger partial charge in [-0.05, 0) is 25.5 Å². The number of carbonyl (C=O) groups is 1. The molecule has 1 aromatic heterocycles. The Morgan fingerprint density at radius 1 is 1.50 bits per heavy atom. The van der Waals surface area contributed by atoms with Crippen LogP contribution in [0, 0.1) is 0 Å². The summed E-state index contributed by atoms with van der Waals surface area (Å²) in [7, 11) is 0. The van der Waals surface area contributed by atoms with Crippen LogP contribution in [0.2, 0.25) is 0 Å². The third-order valence-corrected chi connectivity index (χ3v) is 3.13. The molecule has 5 heteroatoms. The van der Waals surface area contributed by atoms with Crippen molar-refractivity contribution < 1.29 is 9.21 Å². The molecule has 1 unspecified atom stereocenters. The Hall–Kier alpha value is -2.14. The number of nitrogens with one attached hydrogen (secondary N) is 1. The van der Waals surface area contributed by atoms with E-state index in [9.17, 15) is 4.79 Å². The van der Waals surface area contributed by atoms with Crippen molar-refractivity contribution in [3.8, 4) is 11.3 Å². The minimum Gasteiger partial charge on any atom is -0.444 e. The van der Waals surface area contributed by atoms with E-state index >= 15 is 0 Å². The number of hydrogen-bond acceptors (Lipinski definition) is 4. The molecule has 0 aliphatic rings. The van der Waals surface area contributed by atoms with Gasteiger partial charge in [0.2, 0.25) is 5.91 Å². The summed E-state index contributed by atoms with van der Waals surface area (Å²) in [6.45, 7) is 3.75. The molecule has 0 spiro atoms. The van der Waals surface area contributed by atoms with Gasteiger partial charge in [0.1, 0.15) is 0 Å². The van der Waals surface area contributed by atoms with Crippen molar-refractivity contribution in [1.29, 1.82) is 0 Å². The number of anilines is 1. The van der Waals surface area contributed by atoms with E-state index in [0.29, 0.717) is 17.9 Å². The number of nitrogens with two attached hydrogens (primary N) is 1. The highest BCUT2D eigenvalue weighted by atomic mass is 16.3. The fraction of sp³-hybridized carbons (Fsp3) is 0.333. The zero-order valence-corrected chi connectivity index (χ0v) is 11.7. The highest BCUT2D eigenvalue weighted by molar-refractivity contribution is 5.98. The summed E-state index contributed by atoms with van der Waals surface area (Å²) in [4.78, 5) is 16.0. The molecule has 1 aromatic carbocycles. The number of benzene rings is 1. The molecule has 1 heterocycles. The second-order valence-corrected chi connectivity index (χ2v) is 5.07. The van der Waals surface area contributed by atoms with E-state index < -0.39 is 5.54 Å². The number of amides is 1. The lowest BCUT2D eigenvalue weighted by molar-refractivity contribution is -0.120. The average Bonchev–Trinajstić information content (AvgIpc) is 2.93. The second-order valence-electron chi connectivity index (χ2n) is 5.07. The highest BCUT2D eigenvalue weighted by Crippen LogP contribution is 2.22. The van der Waals surface area contributed by atoms with Crippen molar-refractivity contribution in [2.45, 2.75) is 32.2 Å². The van der Waals surface area contributed by atoms with Crippen LogP contribution in [0.15, 0.2) is 41.3 Å². The maximum absolute atomic E-state index is 12.2. The van der Waals surface area contributed by atoms with E-state index in [0.717, 1.165) is 12.0 Å². The van der Waals surface area contributed by atoms with Gasteiger partial charge >= 0.3 is 0 Å². The van der Waals surface area contributed by atoms with Crippen molar-refractivity contribution in [2.24, 2.45) is 5.73 Å². The Morgan fingerprint density at radius 2 is 2.30 bits per heavy atom. The van der Waals surface area contributed by atoms with Crippen LogP contribution in [-0.2, 0) is 4.79 Å². The van der Waals surface area contributed by atoms with Gasteiger partial charge in [0.25, 0.3) is 0 Å². The molecule has 106 valence electrons. The smallest absolute Gasteiger partial charge is 0.244 e. The topological polar surface area (TPSA) is 81.2 Å². The largest absolute Gasteiger partial charge is 0.444 e. The Kier molecular flexibility index (Phi) is 4.20. The van der Waals surface area contributed by atoms with Crippen molar-refractivity contribution in [1.82, 2.24) is 4.98 Å².